The number of aryl methyl sites for hydroxylation is 1. The van der Waals surface area contributed by atoms with Crippen LogP contribution in [-0.4, -0.2) is 17.2 Å². The summed E-state index contributed by atoms with van der Waals surface area (Å²) in [5.41, 5.74) is 6.53. The molecule has 0 radical (unpaired) electrons. The van der Waals surface area contributed by atoms with Gasteiger partial charge in [-0.15, -0.1) is 0 Å². The van der Waals surface area contributed by atoms with Crippen LogP contribution in [0.3, 0.4) is 0 Å². The first-order valence-corrected chi connectivity index (χ1v) is 4.39. The molecule has 0 spiro atoms. The Morgan fingerprint density at radius 2 is 2.31 bits per heavy atom. The van der Waals surface area contributed by atoms with Crippen LogP contribution in [-0.2, 0) is 6.54 Å². The zero-order valence-corrected chi connectivity index (χ0v) is 8.42. The molecule has 0 atom stereocenters. The van der Waals surface area contributed by atoms with E-state index in [0.717, 1.165) is 18.0 Å². The molecule has 1 aromatic heterocycles. The third kappa shape index (κ3) is 4.05. The van der Waals surface area contributed by atoms with Gasteiger partial charge in [0, 0.05) is 24.7 Å². The highest BCUT2D eigenvalue weighted by molar-refractivity contribution is 5.03. The summed E-state index contributed by atoms with van der Waals surface area (Å²) in [5, 5.41) is 7.06. The van der Waals surface area contributed by atoms with Crippen molar-refractivity contribution < 1.29 is 4.52 Å². The predicted octanol–water partition coefficient (Wildman–Crippen LogP) is 0.810. The molecule has 1 heterocycles. The number of nitrogens with zero attached hydrogens (tertiary/aromatic N) is 1. The third-order valence-corrected chi connectivity index (χ3v) is 1.56. The summed E-state index contributed by atoms with van der Waals surface area (Å²) in [7, 11) is 0. The van der Waals surface area contributed by atoms with Gasteiger partial charge in [0.2, 0.25) is 0 Å². The number of nitrogens with two attached hydrogens (primary N) is 1. The average Bonchev–Trinajstić information content (AvgIpc) is 2.33. The lowest BCUT2D eigenvalue weighted by atomic mass is 10.1. The zero-order valence-electron chi connectivity index (χ0n) is 8.42. The Morgan fingerprint density at radius 3 is 2.77 bits per heavy atom. The van der Waals surface area contributed by atoms with Crippen molar-refractivity contribution in [2.24, 2.45) is 5.73 Å². The fourth-order valence-electron chi connectivity index (χ4n) is 1.01. The number of rotatable bonds is 4. The molecule has 1 aromatic rings. The predicted molar refractivity (Wildman–Crippen MR) is 51.2 cm³/mol. The summed E-state index contributed by atoms with van der Waals surface area (Å²) in [6.45, 7) is 7.31. The van der Waals surface area contributed by atoms with E-state index in [1.165, 1.54) is 0 Å². The van der Waals surface area contributed by atoms with Gasteiger partial charge in [-0.2, -0.15) is 0 Å². The van der Waals surface area contributed by atoms with Crippen molar-refractivity contribution in [3.05, 3.63) is 17.5 Å². The zero-order chi connectivity index (χ0) is 9.90. The summed E-state index contributed by atoms with van der Waals surface area (Å²) in [4.78, 5) is 0. The molecule has 0 saturated heterocycles. The second-order valence-electron chi connectivity index (χ2n) is 4.02. The molecule has 4 heteroatoms. The van der Waals surface area contributed by atoms with Crippen molar-refractivity contribution in [2.45, 2.75) is 32.9 Å². The summed E-state index contributed by atoms with van der Waals surface area (Å²) < 4.78 is 4.93. The Balaban J connectivity index is 2.28. The van der Waals surface area contributed by atoms with Gasteiger partial charge in [0.1, 0.15) is 5.76 Å². The Kier molecular flexibility index (Phi) is 3.06. The van der Waals surface area contributed by atoms with Gasteiger partial charge in [-0.05, 0) is 20.8 Å². The van der Waals surface area contributed by atoms with Gasteiger partial charge in [0.05, 0.1) is 5.69 Å². The van der Waals surface area contributed by atoms with Crippen LogP contribution in [0.25, 0.3) is 0 Å². The van der Waals surface area contributed by atoms with Gasteiger partial charge in [-0.25, -0.2) is 0 Å². The van der Waals surface area contributed by atoms with Crippen molar-refractivity contribution >= 4 is 0 Å². The fourth-order valence-corrected chi connectivity index (χ4v) is 1.01. The van der Waals surface area contributed by atoms with Crippen LogP contribution < -0.4 is 11.1 Å². The van der Waals surface area contributed by atoms with Crippen LogP contribution in [0.2, 0.25) is 0 Å². The average molecular weight is 183 g/mol. The van der Waals surface area contributed by atoms with Crippen LogP contribution in [0.5, 0.6) is 0 Å². The lowest BCUT2D eigenvalue weighted by Gasteiger charge is -2.18. The largest absolute Gasteiger partial charge is 0.361 e. The molecule has 0 amide bonds. The monoisotopic (exact) mass is 183 g/mol. The SMILES string of the molecule is Cc1cc(CNCC(C)(C)N)no1. The quantitative estimate of drug-likeness (QED) is 0.725. The van der Waals surface area contributed by atoms with E-state index in [2.05, 4.69) is 10.5 Å². The van der Waals surface area contributed by atoms with Crippen molar-refractivity contribution in [2.75, 3.05) is 6.54 Å². The van der Waals surface area contributed by atoms with E-state index in [0.29, 0.717) is 6.54 Å². The third-order valence-electron chi connectivity index (χ3n) is 1.56. The molecule has 1 rings (SSSR count). The molecule has 74 valence electrons. The van der Waals surface area contributed by atoms with Gasteiger partial charge in [-0.1, -0.05) is 5.16 Å². The van der Waals surface area contributed by atoms with Gasteiger partial charge < -0.3 is 15.6 Å². The highest BCUT2D eigenvalue weighted by atomic mass is 16.5. The van der Waals surface area contributed by atoms with Crippen molar-refractivity contribution in [3.8, 4) is 0 Å². The van der Waals surface area contributed by atoms with E-state index in [9.17, 15) is 0 Å². The van der Waals surface area contributed by atoms with Crippen LogP contribution in [0.4, 0.5) is 0 Å². The number of nitrogens with one attached hydrogen (secondary N) is 1. The van der Waals surface area contributed by atoms with E-state index in [-0.39, 0.29) is 5.54 Å². The second kappa shape index (κ2) is 3.89. The van der Waals surface area contributed by atoms with Crippen molar-refractivity contribution in [3.63, 3.8) is 0 Å². The van der Waals surface area contributed by atoms with Crippen molar-refractivity contribution in [1.29, 1.82) is 0 Å². The van der Waals surface area contributed by atoms with Gasteiger partial charge in [0.15, 0.2) is 0 Å². The summed E-state index contributed by atoms with van der Waals surface area (Å²) >= 11 is 0. The Morgan fingerprint density at radius 1 is 1.62 bits per heavy atom. The lowest BCUT2D eigenvalue weighted by molar-refractivity contribution is 0.385. The molecular formula is C9H17N3O. The molecule has 0 fully saturated rings. The first-order chi connectivity index (χ1) is 5.97. The van der Waals surface area contributed by atoms with Crippen LogP contribution in [0, 0.1) is 6.92 Å². The first kappa shape index (κ1) is 10.2. The molecule has 3 N–H and O–H groups in total. The van der Waals surface area contributed by atoms with Gasteiger partial charge >= 0.3 is 0 Å². The molecular weight excluding hydrogens is 166 g/mol. The van der Waals surface area contributed by atoms with E-state index in [1.807, 2.05) is 26.8 Å². The number of aromatic nitrogens is 1. The number of hydrogen-bond acceptors (Lipinski definition) is 4. The normalized spacial score (nSPS) is 12.0. The fraction of sp³-hybridized carbons (Fsp3) is 0.667. The maximum atomic E-state index is 5.80. The smallest absolute Gasteiger partial charge is 0.133 e. The molecule has 0 bridgehead atoms. The molecule has 0 aliphatic carbocycles. The topological polar surface area (TPSA) is 64.1 Å². The Hall–Kier alpha value is -0.870. The summed E-state index contributed by atoms with van der Waals surface area (Å²) in [6.07, 6.45) is 0. The molecule has 4 nitrogen and oxygen atoms in total. The minimum atomic E-state index is -0.182. The Labute approximate surface area is 78.5 Å². The molecule has 0 aromatic carbocycles. The highest BCUT2D eigenvalue weighted by Gasteiger charge is 2.09. The van der Waals surface area contributed by atoms with Gasteiger partial charge in [0.25, 0.3) is 0 Å². The molecule has 0 unspecified atom stereocenters. The van der Waals surface area contributed by atoms with Crippen LogP contribution in [0.15, 0.2) is 10.6 Å². The Bertz CT molecular complexity index is 262. The number of hydrogen-bond donors (Lipinski definition) is 2. The molecule has 0 aliphatic rings. The maximum absolute atomic E-state index is 5.80. The molecule has 13 heavy (non-hydrogen) atoms. The lowest BCUT2D eigenvalue weighted by Crippen LogP contribution is -2.42. The van der Waals surface area contributed by atoms with E-state index >= 15 is 0 Å². The van der Waals surface area contributed by atoms with Crippen LogP contribution >= 0.6 is 0 Å². The minimum Gasteiger partial charge on any atom is -0.361 e. The van der Waals surface area contributed by atoms with Crippen molar-refractivity contribution in [1.82, 2.24) is 10.5 Å². The maximum Gasteiger partial charge on any atom is 0.133 e. The summed E-state index contributed by atoms with van der Waals surface area (Å²) in [6, 6.07) is 1.91. The van der Waals surface area contributed by atoms with E-state index < -0.39 is 0 Å². The van der Waals surface area contributed by atoms with Crippen LogP contribution in [0.1, 0.15) is 25.3 Å². The molecule has 0 aliphatic heterocycles. The van der Waals surface area contributed by atoms with Gasteiger partial charge in [-0.3, -0.25) is 0 Å². The second-order valence-corrected chi connectivity index (χ2v) is 4.02. The highest BCUT2D eigenvalue weighted by Crippen LogP contribution is 2.01. The van der Waals surface area contributed by atoms with E-state index in [4.69, 9.17) is 10.3 Å². The van der Waals surface area contributed by atoms with E-state index in [1.54, 1.807) is 0 Å². The summed E-state index contributed by atoms with van der Waals surface area (Å²) in [5.74, 6) is 0.837. The molecule has 0 saturated carbocycles. The first-order valence-electron chi connectivity index (χ1n) is 4.39. The standard InChI is InChI=1S/C9H17N3O/c1-7-4-8(12-13-7)5-11-6-9(2,3)10/h4,11H,5-6,10H2,1-3H3. The minimum absolute atomic E-state index is 0.182.